The Balaban J connectivity index is 1.44. The number of carbonyl (C=O) groups is 1. The van der Waals surface area contributed by atoms with Crippen LogP contribution in [0.4, 0.5) is 0 Å². The molecule has 0 fully saturated rings. The Morgan fingerprint density at radius 2 is 1.56 bits per heavy atom. The molecule has 5 heteroatoms. The number of nitrogens with zero attached hydrogens (tertiary/aromatic N) is 2. The Hall–Kier alpha value is -3.34. The first-order valence-corrected chi connectivity index (χ1v) is 8.73. The highest BCUT2D eigenvalue weighted by atomic mass is 16.5. The summed E-state index contributed by atoms with van der Waals surface area (Å²) in [6.45, 7) is 1.00. The van der Waals surface area contributed by atoms with Gasteiger partial charge in [0.05, 0.1) is 0 Å². The fourth-order valence-corrected chi connectivity index (χ4v) is 2.48. The summed E-state index contributed by atoms with van der Waals surface area (Å²) in [5.41, 5.74) is 2.09. The molecule has 0 unspecified atom stereocenters. The van der Waals surface area contributed by atoms with Crippen molar-refractivity contribution < 1.29 is 14.3 Å². The van der Waals surface area contributed by atoms with E-state index in [1.807, 2.05) is 54.6 Å². The van der Waals surface area contributed by atoms with E-state index in [0.29, 0.717) is 18.9 Å². The van der Waals surface area contributed by atoms with E-state index in [9.17, 15) is 4.79 Å². The number of amides is 1. The van der Waals surface area contributed by atoms with Gasteiger partial charge in [-0.1, -0.05) is 36.4 Å². The van der Waals surface area contributed by atoms with Crippen molar-refractivity contribution in [2.24, 2.45) is 0 Å². The molecule has 27 heavy (non-hydrogen) atoms. The fraction of sp³-hybridized carbons (Fsp3) is 0.182. The zero-order chi connectivity index (χ0) is 18.9. The molecule has 1 aromatic heterocycles. The van der Waals surface area contributed by atoms with Gasteiger partial charge >= 0.3 is 0 Å². The van der Waals surface area contributed by atoms with Crippen molar-refractivity contribution in [3.8, 4) is 11.5 Å². The average Bonchev–Trinajstić information content (AvgIpc) is 2.72. The van der Waals surface area contributed by atoms with Crippen LogP contribution < -0.4 is 9.47 Å². The van der Waals surface area contributed by atoms with Crippen molar-refractivity contribution >= 4 is 5.91 Å². The van der Waals surface area contributed by atoms with Gasteiger partial charge in [0.1, 0.15) is 18.1 Å². The van der Waals surface area contributed by atoms with Crippen LogP contribution in [0, 0.1) is 0 Å². The predicted molar refractivity (Wildman–Crippen MR) is 103 cm³/mol. The van der Waals surface area contributed by atoms with Crippen molar-refractivity contribution in [2.45, 2.75) is 13.2 Å². The SMILES string of the molecule is CN(Cc1cccnc1)C(=O)COc1ccc(OCc2ccccc2)cc1. The van der Waals surface area contributed by atoms with E-state index in [4.69, 9.17) is 9.47 Å². The Bertz CT molecular complexity index is 836. The fourth-order valence-electron chi connectivity index (χ4n) is 2.48. The smallest absolute Gasteiger partial charge is 0.260 e. The van der Waals surface area contributed by atoms with Crippen LogP contribution in [0.15, 0.2) is 79.1 Å². The van der Waals surface area contributed by atoms with E-state index in [1.165, 1.54) is 0 Å². The van der Waals surface area contributed by atoms with E-state index in [2.05, 4.69) is 4.98 Å². The lowest BCUT2D eigenvalue weighted by Crippen LogP contribution is -2.30. The van der Waals surface area contributed by atoms with Crippen LogP contribution in [0.1, 0.15) is 11.1 Å². The Morgan fingerprint density at radius 3 is 2.22 bits per heavy atom. The Labute approximate surface area is 159 Å². The second-order valence-electron chi connectivity index (χ2n) is 6.15. The number of hydrogen-bond donors (Lipinski definition) is 0. The molecular formula is C22H22N2O3. The molecular weight excluding hydrogens is 340 g/mol. The molecule has 0 saturated carbocycles. The highest BCUT2D eigenvalue weighted by Gasteiger charge is 2.10. The van der Waals surface area contributed by atoms with Crippen molar-refractivity contribution in [2.75, 3.05) is 13.7 Å². The predicted octanol–water partition coefficient (Wildman–Crippen LogP) is 3.70. The van der Waals surface area contributed by atoms with E-state index in [1.54, 1.807) is 36.5 Å². The number of hydrogen-bond acceptors (Lipinski definition) is 4. The molecule has 0 aliphatic heterocycles. The van der Waals surface area contributed by atoms with Crippen molar-refractivity contribution in [3.05, 3.63) is 90.3 Å². The Morgan fingerprint density at radius 1 is 0.889 bits per heavy atom. The van der Waals surface area contributed by atoms with Gasteiger partial charge in [0, 0.05) is 26.0 Å². The van der Waals surface area contributed by atoms with E-state index < -0.39 is 0 Å². The summed E-state index contributed by atoms with van der Waals surface area (Å²) < 4.78 is 11.3. The minimum Gasteiger partial charge on any atom is -0.489 e. The highest BCUT2D eigenvalue weighted by Crippen LogP contribution is 2.19. The maximum Gasteiger partial charge on any atom is 0.260 e. The monoisotopic (exact) mass is 362 g/mol. The molecule has 0 aliphatic carbocycles. The second-order valence-corrected chi connectivity index (χ2v) is 6.15. The summed E-state index contributed by atoms with van der Waals surface area (Å²) in [4.78, 5) is 17.9. The van der Waals surface area contributed by atoms with Crippen LogP contribution in [-0.2, 0) is 17.9 Å². The summed E-state index contributed by atoms with van der Waals surface area (Å²) in [6.07, 6.45) is 3.46. The number of benzene rings is 2. The van der Waals surface area contributed by atoms with E-state index in [-0.39, 0.29) is 12.5 Å². The minimum atomic E-state index is -0.0942. The molecule has 0 aliphatic rings. The quantitative estimate of drug-likeness (QED) is 0.613. The third kappa shape index (κ3) is 5.85. The molecule has 0 saturated heterocycles. The van der Waals surface area contributed by atoms with Gasteiger partial charge in [-0.15, -0.1) is 0 Å². The maximum absolute atomic E-state index is 12.2. The first-order chi connectivity index (χ1) is 13.2. The molecule has 5 nitrogen and oxygen atoms in total. The van der Waals surface area contributed by atoms with E-state index in [0.717, 1.165) is 16.9 Å². The van der Waals surface area contributed by atoms with Crippen molar-refractivity contribution in [3.63, 3.8) is 0 Å². The molecule has 1 amide bonds. The summed E-state index contributed by atoms with van der Waals surface area (Å²) in [5, 5.41) is 0. The summed E-state index contributed by atoms with van der Waals surface area (Å²) >= 11 is 0. The van der Waals surface area contributed by atoms with Gasteiger partial charge in [0.15, 0.2) is 6.61 Å². The largest absolute Gasteiger partial charge is 0.489 e. The van der Waals surface area contributed by atoms with E-state index >= 15 is 0 Å². The van der Waals surface area contributed by atoms with Gasteiger partial charge in [-0.2, -0.15) is 0 Å². The third-order valence-electron chi connectivity index (χ3n) is 4.00. The zero-order valence-electron chi connectivity index (χ0n) is 15.2. The van der Waals surface area contributed by atoms with Crippen LogP contribution in [0.5, 0.6) is 11.5 Å². The van der Waals surface area contributed by atoms with Crippen LogP contribution in [-0.4, -0.2) is 29.4 Å². The maximum atomic E-state index is 12.2. The first-order valence-electron chi connectivity index (χ1n) is 8.73. The Kier molecular flexibility index (Phi) is 6.41. The second kappa shape index (κ2) is 9.38. The molecule has 0 bridgehead atoms. The standard InChI is InChI=1S/C22H22N2O3/c1-24(15-19-8-5-13-23-14-19)22(25)17-27-21-11-9-20(10-12-21)26-16-18-6-3-2-4-7-18/h2-14H,15-17H2,1H3. The average molecular weight is 362 g/mol. The number of pyridine rings is 1. The molecule has 0 spiro atoms. The van der Waals surface area contributed by atoms with Gasteiger partial charge < -0.3 is 14.4 Å². The van der Waals surface area contributed by atoms with Crippen LogP contribution in [0.3, 0.4) is 0 Å². The van der Waals surface area contributed by atoms with Crippen LogP contribution >= 0.6 is 0 Å². The van der Waals surface area contributed by atoms with Crippen LogP contribution in [0.25, 0.3) is 0 Å². The third-order valence-corrected chi connectivity index (χ3v) is 4.00. The molecule has 0 radical (unpaired) electrons. The van der Waals surface area contributed by atoms with Gasteiger partial charge in [0.25, 0.3) is 5.91 Å². The van der Waals surface area contributed by atoms with Gasteiger partial charge in [-0.05, 0) is 41.5 Å². The number of aromatic nitrogens is 1. The lowest BCUT2D eigenvalue weighted by atomic mass is 10.2. The number of likely N-dealkylation sites (N-methyl/N-ethyl adjacent to an activating group) is 1. The molecule has 0 atom stereocenters. The molecule has 3 aromatic rings. The lowest BCUT2D eigenvalue weighted by molar-refractivity contribution is -0.132. The molecule has 138 valence electrons. The van der Waals surface area contributed by atoms with Crippen molar-refractivity contribution in [1.82, 2.24) is 9.88 Å². The summed E-state index contributed by atoms with van der Waals surface area (Å²) in [7, 11) is 1.75. The normalized spacial score (nSPS) is 10.3. The molecule has 1 heterocycles. The zero-order valence-corrected chi connectivity index (χ0v) is 15.2. The topological polar surface area (TPSA) is 51.7 Å². The summed E-state index contributed by atoms with van der Waals surface area (Å²) in [5.74, 6) is 1.29. The van der Waals surface area contributed by atoms with Gasteiger partial charge in [-0.3, -0.25) is 9.78 Å². The number of rotatable bonds is 8. The first kappa shape index (κ1) is 18.5. The minimum absolute atomic E-state index is 0.0129. The van der Waals surface area contributed by atoms with Gasteiger partial charge in [-0.25, -0.2) is 0 Å². The van der Waals surface area contributed by atoms with Gasteiger partial charge in [0.2, 0.25) is 0 Å². The summed E-state index contributed by atoms with van der Waals surface area (Å²) in [6, 6.07) is 21.0. The van der Waals surface area contributed by atoms with Crippen molar-refractivity contribution in [1.29, 1.82) is 0 Å². The number of carbonyl (C=O) groups excluding carboxylic acids is 1. The lowest BCUT2D eigenvalue weighted by Gasteiger charge is -2.17. The molecule has 3 rings (SSSR count). The van der Waals surface area contributed by atoms with Crippen LogP contribution in [0.2, 0.25) is 0 Å². The molecule has 0 N–H and O–H groups in total. The number of ether oxygens (including phenoxy) is 2. The highest BCUT2D eigenvalue weighted by molar-refractivity contribution is 5.77. The molecule has 2 aromatic carbocycles.